The van der Waals surface area contributed by atoms with Gasteiger partial charge in [-0.15, -0.1) is 0 Å². The molecule has 3 N–H and O–H groups in total. The van der Waals surface area contributed by atoms with Crippen LogP contribution in [0.5, 0.6) is 0 Å². The van der Waals surface area contributed by atoms with Crippen molar-refractivity contribution in [1.29, 1.82) is 0 Å². The molecule has 0 heterocycles. The van der Waals surface area contributed by atoms with E-state index in [0.29, 0.717) is 25.7 Å². The standard InChI is InChI=1S/C13H27NO3/c1-10(7-11(2)15)14-8-12(16)9-17-13-5-3-4-6-13/h10-16H,3-9H2,1-2H3. The number of rotatable bonds is 8. The number of nitrogens with one attached hydrogen (secondary N) is 1. The predicted octanol–water partition coefficient (Wildman–Crippen LogP) is 1.06. The second-order valence-electron chi connectivity index (χ2n) is 5.29. The predicted molar refractivity (Wildman–Crippen MR) is 68.0 cm³/mol. The average molecular weight is 245 g/mol. The van der Waals surface area contributed by atoms with Gasteiger partial charge in [-0.05, 0) is 33.1 Å². The lowest BCUT2D eigenvalue weighted by Crippen LogP contribution is -2.37. The van der Waals surface area contributed by atoms with Gasteiger partial charge in [-0.25, -0.2) is 0 Å². The topological polar surface area (TPSA) is 61.7 Å². The van der Waals surface area contributed by atoms with Crippen LogP contribution in [0, 0.1) is 0 Å². The third kappa shape index (κ3) is 6.99. The molecule has 0 aromatic rings. The van der Waals surface area contributed by atoms with Gasteiger partial charge < -0.3 is 20.3 Å². The highest BCUT2D eigenvalue weighted by Crippen LogP contribution is 2.20. The number of hydrogen-bond donors (Lipinski definition) is 3. The third-order valence-electron chi connectivity index (χ3n) is 3.22. The normalized spacial score (nSPS) is 22.6. The summed E-state index contributed by atoms with van der Waals surface area (Å²) in [4.78, 5) is 0. The average Bonchev–Trinajstić information content (AvgIpc) is 2.75. The molecule has 4 heteroatoms. The molecule has 17 heavy (non-hydrogen) atoms. The molecule has 102 valence electrons. The van der Waals surface area contributed by atoms with Gasteiger partial charge in [-0.1, -0.05) is 12.8 Å². The van der Waals surface area contributed by atoms with Crippen LogP contribution >= 0.6 is 0 Å². The maximum Gasteiger partial charge on any atom is 0.0897 e. The molecule has 1 aliphatic carbocycles. The summed E-state index contributed by atoms with van der Waals surface area (Å²) in [6, 6.07) is 0.219. The first-order valence-electron chi connectivity index (χ1n) is 6.79. The van der Waals surface area contributed by atoms with E-state index >= 15 is 0 Å². The van der Waals surface area contributed by atoms with E-state index in [1.165, 1.54) is 12.8 Å². The maximum atomic E-state index is 9.74. The highest BCUT2D eigenvalue weighted by atomic mass is 16.5. The maximum absolute atomic E-state index is 9.74. The number of aliphatic hydroxyl groups excluding tert-OH is 2. The first kappa shape index (κ1) is 14.9. The molecule has 0 bridgehead atoms. The molecule has 4 nitrogen and oxygen atoms in total. The third-order valence-corrected chi connectivity index (χ3v) is 3.22. The Hall–Kier alpha value is -0.160. The molecule has 0 aliphatic heterocycles. The molecule has 1 fully saturated rings. The largest absolute Gasteiger partial charge is 0.393 e. The van der Waals surface area contributed by atoms with Crippen molar-refractivity contribution in [3.63, 3.8) is 0 Å². The van der Waals surface area contributed by atoms with Crippen LogP contribution in [-0.2, 0) is 4.74 Å². The minimum absolute atomic E-state index is 0.219. The molecule has 0 spiro atoms. The molecule has 3 atom stereocenters. The Morgan fingerprint density at radius 1 is 1.24 bits per heavy atom. The zero-order chi connectivity index (χ0) is 12.7. The van der Waals surface area contributed by atoms with Gasteiger partial charge >= 0.3 is 0 Å². The van der Waals surface area contributed by atoms with Crippen molar-refractivity contribution in [3.8, 4) is 0 Å². The van der Waals surface area contributed by atoms with Crippen LogP contribution in [-0.4, -0.2) is 47.7 Å². The van der Waals surface area contributed by atoms with E-state index in [1.54, 1.807) is 6.92 Å². The van der Waals surface area contributed by atoms with Gasteiger partial charge in [0.1, 0.15) is 0 Å². The van der Waals surface area contributed by atoms with Crippen LogP contribution in [0.25, 0.3) is 0 Å². The van der Waals surface area contributed by atoms with Gasteiger partial charge in [-0.3, -0.25) is 0 Å². The summed E-state index contributed by atoms with van der Waals surface area (Å²) < 4.78 is 5.64. The lowest BCUT2D eigenvalue weighted by atomic mass is 10.1. The van der Waals surface area contributed by atoms with E-state index in [9.17, 15) is 10.2 Å². The number of aliphatic hydroxyl groups is 2. The van der Waals surface area contributed by atoms with E-state index in [1.807, 2.05) is 6.92 Å². The van der Waals surface area contributed by atoms with E-state index < -0.39 is 6.10 Å². The minimum atomic E-state index is -0.452. The summed E-state index contributed by atoms with van der Waals surface area (Å²) in [7, 11) is 0. The van der Waals surface area contributed by atoms with Crippen molar-refractivity contribution in [1.82, 2.24) is 5.32 Å². The zero-order valence-electron chi connectivity index (χ0n) is 11.1. The summed E-state index contributed by atoms with van der Waals surface area (Å²) in [6.45, 7) is 4.73. The first-order valence-corrected chi connectivity index (χ1v) is 6.79. The molecule has 0 aromatic carbocycles. The Kier molecular flexibility index (Phi) is 7.04. The van der Waals surface area contributed by atoms with Crippen LogP contribution in [0.4, 0.5) is 0 Å². The van der Waals surface area contributed by atoms with Crippen LogP contribution in [0.3, 0.4) is 0 Å². The fourth-order valence-corrected chi connectivity index (χ4v) is 2.29. The Bertz CT molecular complexity index is 193. The summed E-state index contributed by atoms with van der Waals surface area (Å²) in [6.07, 6.45) is 5.10. The number of ether oxygens (including phenoxy) is 1. The van der Waals surface area contributed by atoms with E-state index in [2.05, 4.69) is 5.32 Å². The van der Waals surface area contributed by atoms with Gasteiger partial charge in [0.05, 0.1) is 24.9 Å². The molecular formula is C13H27NO3. The number of hydrogen-bond acceptors (Lipinski definition) is 4. The van der Waals surface area contributed by atoms with Crippen molar-refractivity contribution in [2.45, 2.75) is 70.3 Å². The van der Waals surface area contributed by atoms with E-state index in [-0.39, 0.29) is 12.1 Å². The monoisotopic (exact) mass is 245 g/mol. The van der Waals surface area contributed by atoms with Crippen molar-refractivity contribution in [3.05, 3.63) is 0 Å². The first-order chi connectivity index (χ1) is 8.08. The second kappa shape index (κ2) is 8.03. The van der Waals surface area contributed by atoms with Gasteiger partial charge in [-0.2, -0.15) is 0 Å². The highest BCUT2D eigenvalue weighted by molar-refractivity contribution is 4.70. The second-order valence-corrected chi connectivity index (χ2v) is 5.29. The van der Waals surface area contributed by atoms with Crippen LogP contribution in [0.15, 0.2) is 0 Å². The fourth-order valence-electron chi connectivity index (χ4n) is 2.29. The van der Waals surface area contributed by atoms with Gasteiger partial charge in [0.25, 0.3) is 0 Å². The van der Waals surface area contributed by atoms with Gasteiger partial charge in [0.2, 0.25) is 0 Å². The summed E-state index contributed by atoms with van der Waals surface area (Å²) in [5.74, 6) is 0. The molecule has 0 radical (unpaired) electrons. The Morgan fingerprint density at radius 2 is 1.88 bits per heavy atom. The quantitative estimate of drug-likeness (QED) is 0.598. The smallest absolute Gasteiger partial charge is 0.0897 e. The Morgan fingerprint density at radius 3 is 2.47 bits per heavy atom. The van der Waals surface area contributed by atoms with Crippen LogP contribution < -0.4 is 5.32 Å². The van der Waals surface area contributed by atoms with Gasteiger partial charge in [0, 0.05) is 12.6 Å². The van der Waals surface area contributed by atoms with Crippen molar-refractivity contribution in [2.24, 2.45) is 0 Å². The van der Waals surface area contributed by atoms with Crippen molar-refractivity contribution in [2.75, 3.05) is 13.2 Å². The van der Waals surface area contributed by atoms with Crippen molar-refractivity contribution >= 4 is 0 Å². The highest BCUT2D eigenvalue weighted by Gasteiger charge is 2.17. The summed E-state index contributed by atoms with van der Waals surface area (Å²) >= 11 is 0. The summed E-state index contributed by atoms with van der Waals surface area (Å²) in [5, 5.41) is 22.1. The molecular weight excluding hydrogens is 218 g/mol. The molecule has 0 saturated heterocycles. The fraction of sp³-hybridized carbons (Fsp3) is 1.00. The SMILES string of the molecule is CC(O)CC(C)NCC(O)COC1CCCC1. The van der Waals surface area contributed by atoms with Crippen LogP contribution in [0.2, 0.25) is 0 Å². The molecule has 0 aromatic heterocycles. The molecule has 1 saturated carbocycles. The van der Waals surface area contributed by atoms with Crippen molar-refractivity contribution < 1.29 is 14.9 Å². The molecule has 0 amide bonds. The van der Waals surface area contributed by atoms with E-state index in [4.69, 9.17) is 4.74 Å². The Labute approximate surface area is 104 Å². The Balaban J connectivity index is 2.01. The van der Waals surface area contributed by atoms with E-state index in [0.717, 1.165) is 12.8 Å². The van der Waals surface area contributed by atoms with Crippen LogP contribution in [0.1, 0.15) is 46.0 Å². The zero-order valence-corrected chi connectivity index (χ0v) is 11.1. The summed E-state index contributed by atoms with van der Waals surface area (Å²) in [5.41, 5.74) is 0. The van der Waals surface area contributed by atoms with Gasteiger partial charge in [0.15, 0.2) is 0 Å². The molecule has 1 rings (SSSR count). The molecule has 1 aliphatic rings. The molecule has 3 unspecified atom stereocenters. The lowest BCUT2D eigenvalue weighted by Gasteiger charge is -2.19. The minimum Gasteiger partial charge on any atom is -0.393 e. The lowest BCUT2D eigenvalue weighted by molar-refractivity contribution is -0.00648.